The van der Waals surface area contributed by atoms with E-state index in [1.807, 2.05) is 0 Å². The number of carbonyl (C=O) groups excluding carboxylic acids is 2. The number of hydrogen-bond donors (Lipinski definition) is 4. The Morgan fingerprint density at radius 2 is 1.64 bits per heavy atom. The molecule has 0 fully saturated rings. The van der Waals surface area contributed by atoms with Crippen LogP contribution in [0.15, 0.2) is 60.3 Å². The molecule has 8 heteroatoms. The fourth-order valence-corrected chi connectivity index (χ4v) is 2.12. The van der Waals surface area contributed by atoms with E-state index in [9.17, 15) is 9.59 Å². The van der Waals surface area contributed by atoms with E-state index in [2.05, 4.69) is 28.4 Å². The van der Waals surface area contributed by atoms with Crippen LogP contribution in [0.2, 0.25) is 5.02 Å². The van der Waals surface area contributed by atoms with Crippen molar-refractivity contribution in [2.45, 2.75) is 0 Å². The first-order valence-corrected chi connectivity index (χ1v) is 7.94. The van der Waals surface area contributed by atoms with Crippen molar-refractivity contribution in [1.29, 1.82) is 0 Å². The topological polar surface area (TPSA) is 96.2 Å². The van der Waals surface area contributed by atoms with Crippen LogP contribution in [-0.2, 0) is 4.79 Å². The van der Waals surface area contributed by atoms with Crippen molar-refractivity contribution in [2.75, 3.05) is 0 Å². The second-order valence-electron chi connectivity index (χ2n) is 4.84. The average molecular weight is 375 g/mol. The zero-order valence-corrected chi connectivity index (χ0v) is 14.5. The first kappa shape index (κ1) is 18.4. The Hall–Kier alpha value is -2.90. The fraction of sp³-hybridized carbons (Fsp3) is 0. The Morgan fingerprint density at radius 1 is 1.00 bits per heavy atom. The number of thiocarbonyl (C=S) groups is 1. The van der Waals surface area contributed by atoms with Crippen LogP contribution in [-0.4, -0.2) is 16.9 Å². The number of rotatable bonds is 4. The summed E-state index contributed by atoms with van der Waals surface area (Å²) in [5.41, 5.74) is 10.9. The molecule has 2 rings (SSSR count). The van der Waals surface area contributed by atoms with E-state index in [0.29, 0.717) is 16.1 Å². The second kappa shape index (κ2) is 8.81. The van der Waals surface area contributed by atoms with Gasteiger partial charge in [-0.2, -0.15) is 0 Å². The molecule has 2 aromatic rings. The monoisotopic (exact) mass is 374 g/mol. The van der Waals surface area contributed by atoms with E-state index in [0.717, 1.165) is 0 Å². The lowest BCUT2D eigenvalue weighted by Crippen LogP contribution is -2.47. The van der Waals surface area contributed by atoms with Crippen molar-refractivity contribution in [3.8, 4) is 0 Å². The van der Waals surface area contributed by atoms with Crippen molar-refractivity contribution in [2.24, 2.45) is 5.73 Å². The Morgan fingerprint density at radius 3 is 2.28 bits per heavy atom. The number of nitrogens with one attached hydrogen (secondary N) is 3. The van der Waals surface area contributed by atoms with Crippen molar-refractivity contribution in [1.82, 2.24) is 16.2 Å². The van der Waals surface area contributed by atoms with Gasteiger partial charge in [0.05, 0.1) is 0 Å². The largest absolute Gasteiger partial charge is 0.375 e. The van der Waals surface area contributed by atoms with Gasteiger partial charge < -0.3 is 11.1 Å². The molecule has 25 heavy (non-hydrogen) atoms. The van der Waals surface area contributed by atoms with Crippen LogP contribution in [0, 0.1) is 0 Å². The predicted octanol–water partition coefficient (Wildman–Crippen LogP) is 1.98. The molecule has 0 aliphatic heterocycles. The maximum atomic E-state index is 12.3. The third-order valence-corrected chi connectivity index (χ3v) is 3.48. The lowest BCUT2D eigenvalue weighted by atomic mass is 10.1. The maximum absolute atomic E-state index is 12.3. The number of hydrazine groups is 1. The second-order valence-corrected chi connectivity index (χ2v) is 5.69. The number of nitrogens with two attached hydrogens (primary N) is 1. The van der Waals surface area contributed by atoms with Gasteiger partial charge in [-0.25, -0.2) is 0 Å². The predicted molar refractivity (Wildman–Crippen MR) is 101 cm³/mol. The summed E-state index contributed by atoms with van der Waals surface area (Å²) < 4.78 is 0. The molecule has 0 aliphatic rings. The zero-order valence-electron chi connectivity index (χ0n) is 13.0. The molecule has 2 amide bonds. The van der Waals surface area contributed by atoms with Crippen LogP contribution in [0.3, 0.4) is 0 Å². The van der Waals surface area contributed by atoms with Gasteiger partial charge >= 0.3 is 0 Å². The molecular weight excluding hydrogens is 360 g/mol. The Balaban J connectivity index is 2.28. The molecule has 0 heterocycles. The van der Waals surface area contributed by atoms with Gasteiger partial charge in [0.2, 0.25) is 0 Å². The van der Waals surface area contributed by atoms with E-state index in [4.69, 9.17) is 17.3 Å². The van der Waals surface area contributed by atoms with Crippen LogP contribution in [0.1, 0.15) is 15.9 Å². The molecule has 0 bridgehead atoms. The number of carbonyl (C=O) groups is 2. The van der Waals surface area contributed by atoms with Gasteiger partial charge in [-0.15, -0.1) is 0 Å². The van der Waals surface area contributed by atoms with Gasteiger partial charge in [0.15, 0.2) is 5.11 Å². The lowest BCUT2D eigenvalue weighted by molar-refractivity contribution is -0.118. The molecule has 128 valence electrons. The Bertz CT molecular complexity index is 824. The highest BCUT2D eigenvalue weighted by atomic mass is 35.5. The molecule has 0 spiro atoms. The molecular formula is C17H15ClN4O2S. The Labute approximate surface area is 155 Å². The highest BCUT2D eigenvalue weighted by molar-refractivity contribution is 7.80. The molecule has 0 aliphatic carbocycles. The average Bonchev–Trinajstić information content (AvgIpc) is 2.61. The van der Waals surface area contributed by atoms with Gasteiger partial charge in [-0.05, 0) is 42.1 Å². The van der Waals surface area contributed by atoms with Crippen molar-refractivity contribution in [3.63, 3.8) is 0 Å². The summed E-state index contributed by atoms with van der Waals surface area (Å²) in [5, 5.41) is 2.88. The fourth-order valence-electron chi connectivity index (χ4n) is 1.88. The number of amides is 2. The van der Waals surface area contributed by atoms with E-state index in [1.54, 1.807) is 54.6 Å². The summed E-state index contributed by atoms with van der Waals surface area (Å²) in [6.07, 6.45) is 1.46. The first-order chi connectivity index (χ1) is 12.0. The summed E-state index contributed by atoms with van der Waals surface area (Å²) in [6, 6.07) is 15.4. The summed E-state index contributed by atoms with van der Waals surface area (Å²) in [5.74, 6) is -1.07. The normalized spacial score (nSPS) is 10.7. The first-order valence-electron chi connectivity index (χ1n) is 7.16. The molecule has 0 saturated heterocycles. The number of halogens is 1. The lowest BCUT2D eigenvalue weighted by Gasteiger charge is -2.12. The summed E-state index contributed by atoms with van der Waals surface area (Å²) >= 11 is 10.7. The SMILES string of the molecule is NC(=S)NNC(=O)/C(=C/c1ccccc1Cl)NC(=O)c1ccccc1. The number of benzene rings is 2. The minimum Gasteiger partial charge on any atom is -0.375 e. The van der Waals surface area contributed by atoms with Gasteiger partial charge in [0.25, 0.3) is 11.8 Å². The molecule has 0 radical (unpaired) electrons. The van der Waals surface area contributed by atoms with Crippen LogP contribution in [0.5, 0.6) is 0 Å². The van der Waals surface area contributed by atoms with Crippen LogP contribution >= 0.6 is 23.8 Å². The van der Waals surface area contributed by atoms with E-state index in [1.165, 1.54) is 6.08 Å². The summed E-state index contributed by atoms with van der Waals surface area (Å²) in [6.45, 7) is 0. The van der Waals surface area contributed by atoms with E-state index in [-0.39, 0.29) is 10.8 Å². The van der Waals surface area contributed by atoms with Gasteiger partial charge in [0.1, 0.15) is 5.70 Å². The molecule has 0 atom stereocenters. The molecule has 2 aromatic carbocycles. The third-order valence-electron chi connectivity index (χ3n) is 3.03. The molecule has 6 nitrogen and oxygen atoms in total. The standard InChI is InChI=1S/C17H15ClN4O2S/c18-13-9-5-4-8-12(13)10-14(16(24)21-22-17(19)25)20-15(23)11-6-2-1-3-7-11/h1-10H,(H,20,23)(H,21,24)(H3,19,22,25)/b14-10-. The third kappa shape index (κ3) is 5.59. The van der Waals surface area contributed by atoms with Crippen molar-refractivity contribution < 1.29 is 9.59 Å². The highest BCUT2D eigenvalue weighted by Crippen LogP contribution is 2.17. The quantitative estimate of drug-likeness (QED) is 0.373. The Kier molecular flexibility index (Phi) is 6.50. The van der Waals surface area contributed by atoms with Gasteiger partial charge in [0, 0.05) is 10.6 Å². The van der Waals surface area contributed by atoms with Gasteiger partial charge in [-0.1, -0.05) is 48.0 Å². The summed E-state index contributed by atoms with van der Waals surface area (Å²) in [7, 11) is 0. The maximum Gasteiger partial charge on any atom is 0.286 e. The van der Waals surface area contributed by atoms with Crippen LogP contribution in [0.4, 0.5) is 0 Å². The zero-order chi connectivity index (χ0) is 18.2. The molecule has 5 N–H and O–H groups in total. The van der Waals surface area contributed by atoms with Gasteiger partial charge in [-0.3, -0.25) is 20.4 Å². The van der Waals surface area contributed by atoms with E-state index >= 15 is 0 Å². The number of hydrogen-bond acceptors (Lipinski definition) is 3. The highest BCUT2D eigenvalue weighted by Gasteiger charge is 2.15. The minimum absolute atomic E-state index is 0.0225. The molecule has 0 aromatic heterocycles. The van der Waals surface area contributed by atoms with Crippen molar-refractivity contribution >= 4 is 46.8 Å². The van der Waals surface area contributed by atoms with E-state index < -0.39 is 11.8 Å². The van der Waals surface area contributed by atoms with Crippen LogP contribution < -0.4 is 21.9 Å². The van der Waals surface area contributed by atoms with Crippen molar-refractivity contribution in [3.05, 3.63) is 76.4 Å². The summed E-state index contributed by atoms with van der Waals surface area (Å²) in [4.78, 5) is 24.7. The molecule has 0 saturated carbocycles. The van der Waals surface area contributed by atoms with Crippen LogP contribution in [0.25, 0.3) is 6.08 Å². The minimum atomic E-state index is -0.628. The smallest absolute Gasteiger partial charge is 0.286 e. The molecule has 0 unspecified atom stereocenters.